The highest BCUT2D eigenvalue weighted by Gasteiger charge is 2.15. The van der Waals surface area contributed by atoms with Crippen LogP contribution in [-0.4, -0.2) is 25.3 Å². The van der Waals surface area contributed by atoms with E-state index in [4.69, 9.17) is 11.6 Å². The minimum atomic E-state index is -3.71. The van der Waals surface area contributed by atoms with Crippen molar-refractivity contribution in [1.82, 2.24) is 9.71 Å². The monoisotopic (exact) mass is 252 g/mol. The maximum Gasteiger partial charge on any atom is 0.242 e. The molecule has 0 fully saturated rings. The summed E-state index contributed by atoms with van der Waals surface area (Å²) in [5.74, 6) is -0.697. The first-order chi connectivity index (χ1) is 6.92. The molecule has 0 radical (unpaired) electrons. The third kappa shape index (κ3) is 3.73. The van der Waals surface area contributed by atoms with Crippen LogP contribution in [0.4, 0.5) is 4.39 Å². The maximum absolute atomic E-state index is 12.7. The Morgan fingerprint density at radius 1 is 1.60 bits per heavy atom. The van der Waals surface area contributed by atoms with E-state index in [-0.39, 0.29) is 16.8 Å². The van der Waals surface area contributed by atoms with E-state index in [0.717, 1.165) is 18.5 Å². The first-order valence-electron chi connectivity index (χ1n) is 4.16. The van der Waals surface area contributed by atoms with E-state index in [1.54, 1.807) is 6.92 Å². The van der Waals surface area contributed by atoms with Crippen LogP contribution in [0.2, 0.25) is 0 Å². The van der Waals surface area contributed by atoms with E-state index in [9.17, 15) is 12.8 Å². The zero-order valence-corrected chi connectivity index (χ0v) is 9.52. The van der Waals surface area contributed by atoms with Crippen molar-refractivity contribution in [2.45, 2.75) is 17.2 Å². The summed E-state index contributed by atoms with van der Waals surface area (Å²) in [4.78, 5) is 3.24. The van der Waals surface area contributed by atoms with Crippen LogP contribution in [0.1, 0.15) is 6.92 Å². The normalized spacial score (nSPS) is 13.8. The molecule has 0 aliphatic rings. The predicted molar refractivity (Wildman–Crippen MR) is 54.7 cm³/mol. The Kier molecular flexibility index (Phi) is 4.01. The summed E-state index contributed by atoms with van der Waals surface area (Å²) in [5, 5.41) is -0.332. The first-order valence-corrected chi connectivity index (χ1v) is 6.08. The van der Waals surface area contributed by atoms with Crippen molar-refractivity contribution in [3.05, 3.63) is 24.3 Å². The van der Waals surface area contributed by atoms with Gasteiger partial charge in [-0.25, -0.2) is 17.5 Å². The summed E-state index contributed by atoms with van der Waals surface area (Å²) in [6.45, 7) is 1.73. The molecule has 0 aromatic carbocycles. The van der Waals surface area contributed by atoms with E-state index in [2.05, 4.69) is 9.71 Å². The Balaban J connectivity index is 2.87. The lowest BCUT2D eigenvalue weighted by atomic mass is 10.5. The topological polar surface area (TPSA) is 59.1 Å². The molecule has 0 bridgehead atoms. The minimum absolute atomic E-state index is 0.0837. The van der Waals surface area contributed by atoms with Crippen molar-refractivity contribution < 1.29 is 12.8 Å². The molecule has 1 aromatic heterocycles. The smallest absolute Gasteiger partial charge is 0.242 e. The van der Waals surface area contributed by atoms with E-state index >= 15 is 0 Å². The molecule has 15 heavy (non-hydrogen) atoms. The number of halogens is 2. The fraction of sp³-hybridized carbons (Fsp3) is 0.375. The fourth-order valence-electron chi connectivity index (χ4n) is 0.847. The number of hydrogen-bond donors (Lipinski definition) is 1. The molecule has 1 atom stereocenters. The number of nitrogens with zero attached hydrogens (tertiary/aromatic N) is 1. The molecule has 7 heteroatoms. The number of pyridine rings is 1. The molecule has 1 aromatic rings. The molecule has 0 aliphatic carbocycles. The molecule has 1 N–H and O–H groups in total. The SMILES string of the molecule is CC(Cl)CNS(=O)(=O)c1cncc(F)c1. The quantitative estimate of drug-likeness (QED) is 0.817. The summed E-state index contributed by atoms with van der Waals surface area (Å²) in [6.07, 6.45) is 2.01. The average molecular weight is 253 g/mol. The van der Waals surface area contributed by atoms with Crippen molar-refractivity contribution in [3.63, 3.8) is 0 Å². The van der Waals surface area contributed by atoms with E-state index in [1.807, 2.05) is 0 Å². The lowest BCUT2D eigenvalue weighted by Crippen LogP contribution is -2.28. The zero-order chi connectivity index (χ0) is 11.5. The molecule has 0 saturated carbocycles. The standard InChI is InChI=1S/C8H10ClFN2O2S/c1-6(9)3-12-15(13,14)8-2-7(10)4-11-5-8/h2,4-6,12H,3H2,1H3. The van der Waals surface area contributed by atoms with Gasteiger partial charge in [-0.15, -0.1) is 11.6 Å². The average Bonchev–Trinajstić information content (AvgIpc) is 2.15. The summed E-state index contributed by atoms with van der Waals surface area (Å²) < 4.78 is 38.0. The van der Waals surface area contributed by atoms with Gasteiger partial charge in [-0.1, -0.05) is 0 Å². The van der Waals surface area contributed by atoms with Gasteiger partial charge in [0.15, 0.2) is 0 Å². The molecule has 0 spiro atoms. The Hall–Kier alpha value is -0.720. The number of aromatic nitrogens is 1. The van der Waals surface area contributed by atoms with Crippen LogP contribution in [0.25, 0.3) is 0 Å². The molecule has 1 unspecified atom stereocenters. The van der Waals surface area contributed by atoms with Gasteiger partial charge in [-0.2, -0.15) is 0 Å². The predicted octanol–water partition coefficient (Wildman–Crippen LogP) is 1.13. The molecule has 0 saturated heterocycles. The Bertz CT molecular complexity index is 436. The molecule has 4 nitrogen and oxygen atoms in total. The number of hydrogen-bond acceptors (Lipinski definition) is 3. The van der Waals surface area contributed by atoms with Crippen LogP contribution in [0.5, 0.6) is 0 Å². The Labute approximate surface area is 92.5 Å². The number of nitrogens with one attached hydrogen (secondary N) is 1. The number of alkyl halides is 1. The van der Waals surface area contributed by atoms with E-state index in [0.29, 0.717) is 0 Å². The van der Waals surface area contributed by atoms with Crippen molar-refractivity contribution in [2.75, 3.05) is 6.54 Å². The Morgan fingerprint density at radius 2 is 2.27 bits per heavy atom. The third-order valence-electron chi connectivity index (χ3n) is 1.54. The highest BCUT2D eigenvalue weighted by atomic mass is 35.5. The van der Waals surface area contributed by atoms with Crippen LogP contribution >= 0.6 is 11.6 Å². The molecule has 1 heterocycles. The number of sulfonamides is 1. The van der Waals surface area contributed by atoms with Gasteiger partial charge in [0, 0.05) is 18.1 Å². The van der Waals surface area contributed by atoms with Crippen molar-refractivity contribution >= 4 is 21.6 Å². The van der Waals surface area contributed by atoms with Gasteiger partial charge in [0.05, 0.1) is 6.20 Å². The van der Waals surface area contributed by atoms with Crippen LogP contribution in [-0.2, 0) is 10.0 Å². The van der Waals surface area contributed by atoms with Gasteiger partial charge in [0.2, 0.25) is 10.0 Å². The van der Waals surface area contributed by atoms with Crippen molar-refractivity contribution in [2.24, 2.45) is 0 Å². The highest BCUT2D eigenvalue weighted by molar-refractivity contribution is 7.89. The molecular weight excluding hydrogens is 243 g/mol. The lowest BCUT2D eigenvalue weighted by Gasteiger charge is -2.07. The summed E-state index contributed by atoms with van der Waals surface area (Å²) in [6, 6.07) is 0.897. The molecule has 1 rings (SSSR count). The molecular formula is C8H10ClFN2O2S. The van der Waals surface area contributed by atoms with Gasteiger partial charge in [0.1, 0.15) is 10.7 Å². The zero-order valence-electron chi connectivity index (χ0n) is 7.94. The largest absolute Gasteiger partial charge is 0.260 e. The molecule has 0 amide bonds. The molecule has 84 valence electrons. The summed E-state index contributed by atoms with van der Waals surface area (Å²) in [5.41, 5.74) is 0. The van der Waals surface area contributed by atoms with Gasteiger partial charge < -0.3 is 0 Å². The lowest BCUT2D eigenvalue weighted by molar-refractivity contribution is 0.575. The second kappa shape index (κ2) is 4.87. The summed E-state index contributed by atoms with van der Waals surface area (Å²) >= 11 is 5.59. The second-order valence-corrected chi connectivity index (χ2v) is 5.48. The third-order valence-corrected chi connectivity index (χ3v) is 3.09. The maximum atomic E-state index is 12.7. The number of rotatable bonds is 4. The Morgan fingerprint density at radius 3 is 2.80 bits per heavy atom. The van der Waals surface area contributed by atoms with Gasteiger partial charge in [0.25, 0.3) is 0 Å². The van der Waals surface area contributed by atoms with Crippen molar-refractivity contribution in [3.8, 4) is 0 Å². The minimum Gasteiger partial charge on any atom is -0.260 e. The first kappa shape index (κ1) is 12.4. The highest BCUT2D eigenvalue weighted by Crippen LogP contribution is 2.08. The van der Waals surface area contributed by atoms with Gasteiger partial charge in [-0.3, -0.25) is 4.98 Å². The van der Waals surface area contributed by atoms with E-state index in [1.165, 1.54) is 0 Å². The van der Waals surface area contributed by atoms with Gasteiger partial charge >= 0.3 is 0 Å². The van der Waals surface area contributed by atoms with Crippen LogP contribution < -0.4 is 4.72 Å². The van der Waals surface area contributed by atoms with Crippen LogP contribution in [0.3, 0.4) is 0 Å². The van der Waals surface area contributed by atoms with Crippen molar-refractivity contribution in [1.29, 1.82) is 0 Å². The summed E-state index contributed by atoms with van der Waals surface area (Å²) in [7, 11) is -3.71. The second-order valence-electron chi connectivity index (χ2n) is 2.97. The van der Waals surface area contributed by atoms with Crippen LogP contribution in [0, 0.1) is 5.82 Å². The van der Waals surface area contributed by atoms with Gasteiger partial charge in [-0.05, 0) is 13.0 Å². The molecule has 0 aliphatic heterocycles. The van der Waals surface area contributed by atoms with E-state index < -0.39 is 15.8 Å². The fourth-order valence-corrected chi connectivity index (χ4v) is 2.12. The van der Waals surface area contributed by atoms with Crippen LogP contribution in [0.15, 0.2) is 23.4 Å².